The fraction of sp³-hybridized carbons (Fsp3) is 0.273. The lowest BCUT2D eigenvalue weighted by Gasteiger charge is -2.13. The number of rotatable bonds is 6. The summed E-state index contributed by atoms with van der Waals surface area (Å²) in [6.07, 6.45) is 2.06. The van der Waals surface area contributed by atoms with Gasteiger partial charge in [0.05, 0.1) is 16.6 Å². The highest BCUT2D eigenvalue weighted by molar-refractivity contribution is 7.20. The summed E-state index contributed by atoms with van der Waals surface area (Å²) in [6, 6.07) is 6.64. The maximum absolute atomic E-state index is 13.2. The molecule has 33 heavy (non-hydrogen) atoms. The third-order valence-corrected chi connectivity index (χ3v) is 7.45. The highest BCUT2D eigenvalue weighted by Gasteiger charge is 2.23. The number of para-hydroxylation sites is 1. The predicted molar refractivity (Wildman–Crippen MR) is 130 cm³/mol. The number of carbonyl (C=O) groups excluding carboxylic acids is 2. The van der Waals surface area contributed by atoms with Crippen LogP contribution in [0.15, 0.2) is 35.4 Å². The molecular formula is C22H22N6O3S2. The monoisotopic (exact) mass is 482 g/mol. The van der Waals surface area contributed by atoms with Crippen molar-refractivity contribution in [1.82, 2.24) is 19.7 Å². The van der Waals surface area contributed by atoms with E-state index in [4.69, 9.17) is 0 Å². The summed E-state index contributed by atoms with van der Waals surface area (Å²) < 4.78 is 1.27. The van der Waals surface area contributed by atoms with E-state index in [1.807, 2.05) is 38.1 Å². The van der Waals surface area contributed by atoms with Gasteiger partial charge >= 0.3 is 0 Å². The average Bonchev–Trinajstić information content (AvgIpc) is 3.39. The molecule has 1 atom stereocenters. The van der Waals surface area contributed by atoms with Crippen molar-refractivity contribution in [3.63, 3.8) is 0 Å². The fourth-order valence-corrected chi connectivity index (χ4v) is 5.02. The van der Waals surface area contributed by atoms with E-state index in [1.54, 1.807) is 13.8 Å². The van der Waals surface area contributed by atoms with Crippen molar-refractivity contribution >= 4 is 55.5 Å². The highest BCUT2D eigenvalue weighted by Crippen LogP contribution is 2.28. The zero-order valence-electron chi connectivity index (χ0n) is 18.5. The van der Waals surface area contributed by atoms with Gasteiger partial charge in [-0.05, 0) is 44.4 Å². The predicted octanol–water partition coefficient (Wildman–Crippen LogP) is 3.94. The molecule has 3 heterocycles. The van der Waals surface area contributed by atoms with Crippen LogP contribution in [-0.4, -0.2) is 31.6 Å². The Morgan fingerprint density at radius 3 is 2.58 bits per heavy atom. The zero-order chi connectivity index (χ0) is 23.7. The lowest BCUT2D eigenvalue weighted by atomic mass is 10.1. The number of anilines is 2. The van der Waals surface area contributed by atoms with Crippen LogP contribution < -0.4 is 16.2 Å². The summed E-state index contributed by atoms with van der Waals surface area (Å²) in [6.45, 7) is 7.19. The molecule has 3 aromatic heterocycles. The van der Waals surface area contributed by atoms with E-state index >= 15 is 0 Å². The van der Waals surface area contributed by atoms with Crippen LogP contribution in [0.1, 0.15) is 45.7 Å². The zero-order valence-corrected chi connectivity index (χ0v) is 20.1. The van der Waals surface area contributed by atoms with Crippen LogP contribution in [0, 0.1) is 13.8 Å². The van der Waals surface area contributed by atoms with Crippen LogP contribution in [0.25, 0.3) is 10.2 Å². The molecule has 0 aliphatic carbocycles. The molecule has 0 radical (unpaired) electrons. The number of hydrogen-bond donors (Lipinski definition) is 2. The number of thiophene rings is 1. The Hall–Kier alpha value is -3.44. The van der Waals surface area contributed by atoms with Crippen LogP contribution in [-0.2, 0) is 11.2 Å². The number of aromatic nitrogens is 4. The Balaban J connectivity index is 1.62. The van der Waals surface area contributed by atoms with E-state index in [-0.39, 0.29) is 11.5 Å². The number of fused-ring (bicyclic) bond motifs is 1. The van der Waals surface area contributed by atoms with Crippen molar-refractivity contribution in [3.05, 3.63) is 62.0 Å². The van der Waals surface area contributed by atoms with Gasteiger partial charge in [-0.15, -0.1) is 21.5 Å². The molecule has 4 aromatic rings. The molecule has 11 heteroatoms. The molecule has 0 spiro atoms. The van der Waals surface area contributed by atoms with E-state index < -0.39 is 11.9 Å². The molecule has 0 saturated carbocycles. The fourth-order valence-electron chi connectivity index (χ4n) is 3.31. The Morgan fingerprint density at radius 2 is 1.88 bits per heavy atom. The van der Waals surface area contributed by atoms with Crippen molar-refractivity contribution in [2.75, 3.05) is 10.6 Å². The minimum Gasteiger partial charge on any atom is -0.321 e. The van der Waals surface area contributed by atoms with Crippen LogP contribution in [0.3, 0.4) is 0 Å². The number of carbonyl (C=O) groups is 2. The first-order valence-corrected chi connectivity index (χ1v) is 11.9. The highest BCUT2D eigenvalue weighted by atomic mass is 32.1. The first-order valence-electron chi connectivity index (χ1n) is 10.3. The molecule has 170 valence electrons. The Labute approximate surface area is 197 Å². The first-order chi connectivity index (χ1) is 15.8. The third-order valence-electron chi connectivity index (χ3n) is 5.27. The molecule has 1 aromatic carbocycles. The van der Waals surface area contributed by atoms with Gasteiger partial charge in [-0.1, -0.05) is 36.5 Å². The Kier molecular flexibility index (Phi) is 6.34. The molecule has 1 unspecified atom stereocenters. The average molecular weight is 483 g/mol. The standard InChI is InChI=1S/C22H22N6O3S2/c1-5-15-26-27-22(32-15)25-18(29)13(4)28-10-23-20-16(21(28)31)12(3)17(33-20)19(30)24-14-9-7-6-8-11(14)2/h6-10,13H,5H2,1-4H3,(H,24,30)(H,25,27,29). The number of nitrogens with one attached hydrogen (secondary N) is 2. The van der Waals surface area contributed by atoms with Gasteiger partial charge in [0, 0.05) is 5.69 Å². The molecule has 2 N–H and O–H groups in total. The van der Waals surface area contributed by atoms with Crippen molar-refractivity contribution in [1.29, 1.82) is 0 Å². The summed E-state index contributed by atoms with van der Waals surface area (Å²) in [4.78, 5) is 44.1. The lowest BCUT2D eigenvalue weighted by Crippen LogP contribution is -2.31. The largest absolute Gasteiger partial charge is 0.321 e. The molecule has 0 fully saturated rings. The van der Waals surface area contributed by atoms with Crippen LogP contribution in [0.4, 0.5) is 10.8 Å². The van der Waals surface area contributed by atoms with Crippen molar-refractivity contribution in [2.45, 2.75) is 40.2 Å². The Bertz CT molecular complexity index is 1420. The first kappa shape index (κ1) is 22.7. The van der Waals surface area contributed by atoms with E-state index in [0.29, 0.717) is 31.5 Å². The molecular weight excluding hydrogens is 460 g/mol. The molecule has 0 aliphatic rings. The smallest absolute Gasteiger partial charge is 0.266 e. The summed E-state index contributed by atoms with van der Waals surface area (Å²) in [5, 5.41) is 15.0. The van der Waals surface area contributed by atoms with Crippen molar-refractivity contribution < 1.29 is 9.59 Å². The van der Waals surface area contributed by atoms with E-state index in [2.05, 4.69) is 25.8 Å². The van der Waals surface area contributed by atoms with Crippen molar-refractivity contribution in [2.24, 2.45) is 0 Å². The molecule has 2 amide bonds. The topological polar surface area (TPSA) is 119 Å². The van der Waals surface area contributed by atoms with E-state index in [9.17, 15) is 14.4 Å². The van der Waals surface area contributed by atoms with Gasteiger partial charge in [0.15, 0.2) is 0 Å². The number of amides is 2. The second-order valence-electron chi connectivity index (χ2n) is 7.48. The number of aryl methyl sites for hydroxylation is 3. The molecule has 0 saturated heterocycles. The SMILES string of the molecule is CCc1nnc(NC(=O)C(C)n2cnc3sc(C(=O)Nc4ccccc4C)c(C)c3c2=O)s1. The number of nitrogens with zero attached hydrogens (tertiary/aromatic N) is 4. The van der Waals surface area contributed by atoms with Gasteiger partial charge in [-0.25, -0.2) is 4.98 Å². The Morgan fingerprint density at radius 1 is 1.12 bits per heavy atom. The maximum atomic E-state index is 13.2. The summed E-state index contributed by atoms with van der Waals surface area (Å²) in [5.74, 6) is -0.702. The quantitative estimate of drug-likeness (QED) is 0.430. The summed E-state index contributed by atoms with van der Waals surface area (Å²) in [5.41, 5.74) is 1.81. The van der Waals surface area contributed by atoms with E-state index in [1.165, 1.54) is 22.2 Å². The normalized spacial score (nSPS) is 12.0. The van der Waals surface area contributed by atoms with Gasteiger partial charge in [0.1, 0.15) is 15.9 Å². The third kappa shape index (κ3) is 4.41. The summed E-state index contributed by atoms with van der Waals surface area (Å²) >= 11 is 2.45. The maximum Gasteiger partial charge on any atom is 0.266 e. The van der Waals surface area contributed by atoms with Gasteiger partial charge in [0.25, 0.3) is 11.5 Å². The minimum absolute atomic E-state index is 0.301. The van der Waals surface area contributed by atoms with Gasteiger partial charge in [-0.2, -0.15) is 0 Å². The van der Waals surface area contributed by atoms with Crippen molar-refractivity contribution in [3.8, 4) is 0 Å². The van der Waals surface area contributed by atoms with Gasteiger partial charge in [-0.3, -0.25) is 24.3 Å². The van der Waals surface area contributed by atoms with Crippen LogP contribution >= 0.6 is 22.7 Å². The van der Waals surface area contributed by atoms with E-state index in [0.717, 1.165) is 28.3 Å². The van der Waals surface area contributed by atoms with Gasteiger partial charge in [0.2, 0.25) is 11.0 Å². The van der Waals surface area contributed by atoms with Gasteiger partial charge < -0.3 is 5.32 Å². The molecule has 9 nitrogen and oxygen atoms in total. The molecule has 4 rings (SSSR count). The molecule has 0 bridgehead atoms. The lowest BCUT2D eigenvalue weighted by molar-refractivity contribution is -0.118. The second-order valence-corrected chi connectivity index (χ2v) is 9.54. The number of hydrogen-bond acceptors (Lipinski definition) is 8. The number of benzene rings is 1. The van der Waals surface area contributed by atoms with Crippen LogP contribution in [0.5, 0.6) is 0 Å². The molecule has 0 aliphatic heterocycles. The minimum atomic E-state index is -0.827. The second kappa shape index (κ2) is 9.20. The summed E-state index contributed by atoms with van der Waals surface area (Å²) in [7, 11) is 0. The van der Waals surface area contributed by atoms with Crippen LogP contribution in [0.2, 0.25) is 0 Å².